The van der Waals surface area contributed by atoms with E-state index in [1.165, 1.54) is 17.1 Å². The number of benzene rings is 2. The Morgan fingerprint density at radius 3 is 2.52 bits per heavy atom. The highest BCUT2D eigenvalue weighted by molar-refractivity contribution is 7.99. The van der Waals surface area contributed by atoms with E-state index in [-0.39, 0.29) is 5.78 Å². The van der Waals surface area contributed by atoms with Crippen LogP contribution in [-0.2, 0) is 6.54 Å². The minimum atomic E-state index is 0.0322. The number of hydrogen-bond acceptors (Lipinski definition) is 4. The van der Waals surface area contributed by atoms with Crippen molar-refractivity contribution < 1.29 is 9.53 Å². The summed E-state index contributed by atoms with van der Waals surface area (Å²) < 4.78 is 5.19. The summed E-state index contributed by atoms with van der Waals surface area (Å²) in [5.41, 5.74) is 2.64. The lowest BCUT2D eigenvalue weighted by Crippen LogP contribution is -2.31. The molecular weight excluding hydrogens is 306 g/mol. The molecule has 3 nitrogen and oxygen atoms in total. The summed E-state index contributed by atoms with van der Waals surface area (Å²) in [6.45, 7) is 3.26. The van der Waals surface area contributed by atoms with Crippen LogP contribution in [0.5, 0.6) is 5.75 Å². The molecular formula is C19H21NO2S. The van der Waals surface area contributed by atoms with Crippen molar-refractivity contribution in [2.24, 2.45) is 0 Å². The highest BCUT2D eigenvalue weighted by Crippen LogP contribution is 2.18. The van der Waals surface area contributed by atoms with Gasteiger partial charge in [-0.1, -0.05) is 36.4 Å². The zero-order valence-corrected chi connectivity index (χ0v) is 14.1. The molecule has 1 heterocycles. The van der Waals surface area contributed by atoms with Crippen LogP contribution in [0.1, 0.15) is 21.5 Å². The van der Waals surface area contributed by atoms with Gasteiger partial charge in [0.05, 0.1) is 7.11 Å². The molecule has 1 fully saturated rings. The Morgan fingerprint density at radius 2 is 1.83 bits per heavy atom. The second kappa shape index (κ2) is 7.66. The second-order valence-electron chi connectivity index (χ2n) is 5.65. The Bertz CT molecular complexity index is 663. The SMILES string of the molecule is COc1cccc(C(=O)c2ccc(CN3CCSCC3)cc2)c1. The summed E-state index contributed by atoms with van der Waals surface area (Å²) in [6.07, 6.45) is 0. The molecule has 0 bridgehead atoms. The Hall–Kier alpha value is -1.78. The first-order chi connectivity index (χ1) is 11.3. The van der Waals surface area contributed by atoms with Gasteiger partial charge in [-0.05, 0) is 17.7 Å². The molecule has 1 aliphatic heterocycles. The van der Waals surface area contributed by atoms with Crippen LogP contribution in [-0.4, -0.2) is 42.4 Å². The summed E-state index contributed by atoms with van der Waals surface area (Å²) in [7, 11) is 1.61. The largest absolute Gasteiger partial charge is 0.497 e. The third-order valence-electron chi connectivity index (χ3n) is 4.06. The van der Waals surface area contributed by atoms with E-state index >= 15 is 0 Å². The van der Waals surface area contributed by atoms with Gasteiger partial charge in [0.15, 0.2) is 5.78 Å². The van der Waals surface area contributed by atoms with Gasteiger partial charge in [0.1, 0.15) is 5.75 Å². The quantitative estimate of drug-likeness (QED) is 0.787. The van der Waals surface area contributed by atoms with Crippen molar-refractivity contribution in [2.75, 3.05) is 31.7 Å². The third kappa shape index (κ3) is 4.15. The number of ketones is 1. The van der Waals surface area contributed by atoms with Crippen LogP contribution in [0.3, 0.4) is 0 Å². The molecule has 23 heavy (non-hydrogen) atoms. The summed E-state index contributed by atoms with van der Waals surface area (Å²) in [5, 5.41) is 0. The number of ether oxygens (including phenoxy) is 1. The lowest BCUT2D eigenvalue weighted by Gasteiger charge is -2.26. The van der Waals surface area contributed by atoms with Gasteiger partial charge in [-0.3, -0.25) is 9.69 Å². The first kappa shape index (κ1) is 16.1. The van der Waals surface area contributed by atoms with E-state index in [2.05, 4.69) is 17.0 Å². The van der Waals surface area contributed by atoms with Crippen LogP contribution in [0.15, 0.2) is 48.5 Å². The number of thioether (sulfide) groups is 1. The van der Waals surface area contributed by atoms with Gasteiger partial charge in [-0.25, -0.2) is 0 Å². The fraction of sp³-hybridized carbons (Fsp3) is 0.316. The van der Waals surface area contributed by atoms with Crippen molar-refractivity contribution in [1.82, 2.24) is 4.90 Å². The van der Waals surface area contributed by atoms with Crippen molar-refractivity contribution in [1.29, 1.82) is 0 Å². The van der Waals surface area contributed by atoms with E-state index in [0.29, 0.717) is 11.3 Å². The molecule has 0 aromatic heterocycles. The topological polar surface area (TPSA) is 29.5 Å². The predicted octanol–water partition coefficient (Wildman–Crippen LogP) is 3.48. The van der Waals surface area contributed by atoms with Crippen LogP contribution in [0.25, 0.3) is 0 Å². The minimum Gasteiger partial charge on any atom is -0.497 e. The first-order valence-corrected chi connectivity index (χ1v) is 8.99. The zero-order chi connectivity index (χ0) is 16.1. The molecule has 2 aromatic carbocycles. The Labute approximate surface area is 141 Å². The van der Waals surface area contributed by atoms with Gasteiger partial charge in [0.2, 0.25) is 0 Å². The predicted molar refractivity (Wildman–Crippen MR) is 95.5 cm³/mol. The molecule has 1 saturated heterocycles. The van der Waals surface area contributed by atoms with E-state index in [4.69, 9.17) is 4.74 Å². The van der Waals surface area contributed by atoms with Crippen molar-refractivity contribution in [3.8, 4) is 5.75 Å². The Morgan fingerprint density at radius 1 is 1.09 bits per heavy atom. The third-order valence-corrected chi connectivity index (χ3v) is 5.00. The van der Waals surface area contributed by atoms with Gasteiger partial charge >= 0.3 is 0 Å². The molecule has 120 valence electrons. The molecule has 0 unspecified atom stereocenters. The zero-order valence-electron chi connectivity index (χ0n) is 13.3. The molecule has 0 atom stereocenters. The highest BCUT2D eigenvalue weighted by atomic mass is 32.2. The summed E-state index contributed by atoms with van der Waals surface area (Å²) >= 11 is 2.02. The Balaban J connectivity index is 1.69. The smallest absolute Gasteiger partial charge is 0.193 e. The van der Waals surface area contributed by atoms with Crippen molar-refractivity contribution in [3.05, 3.63) is 65.2 Å². The van der Waals surface area contributed by atoms with Crippen molar-refractivity contribution in [3.63, 3.8) is 0 Å². The molecule has 4 heteroatoms. The standard InChI is InChI=1S/C19H21NO2S/c1-22-18-4-2-3-17(13-18)19(21)16-7-5-15(6-8-16)14-20-9-11-23-12-10-20/h2-8,13H,9-12,14H2,1H3. The first-order valence-electron chi connectivity index (χ1n) is 7.84. The van der Waals surface area contributed by atoms with E-state index < -0.39 is 0 Å². The average Bonchev–Trinajstić information content (AvgIpc) is 2.63. The summed E-state index contributed by atoms with van der Waals surface area (Å²) in [4.78, 5) is 15.0. The van der Waals surface area contributed by atoms with Gasteiger partial charge in [-0.2, -0.15) is 11.8 Å². The maximum absolute atomic E-state index is 12.5. The van der Waals surface area contributed by atoms with Crippen LogP contribution in [0.4, 0.5) is 0 Å². The summed E-state index contributed by atoms with van der Waals surface area (Å²) in [6, 6.07) is 15.3. The Kier molecular flexibility index (Phi) is 5.36. The van der Waals surface area contributed by atoms with E-state index in [1.54, 1.807) is 13.2 Å². The van der Waals surface area contributed by atoms with E-state index in [1.807, 2.05) is 42.1 Å². The molecule has 1 aliphatic rings. The number of hydrogen-bond donors (Lipinski definition) is 0. The lowest BCUT2D eigenvalue weighted by molar-refractivity contribution is 0.103. The van der Waals surface area contributed by atoms with Gasteiger partial charge in [-0.15, -0.1) is 0 Å². The molecule has 0 spiro atoms. The molecule has 0 saturated carbocycles. The molecule has 3 rings (SSSR count). The van der Waals surface area contributed by atoms with Crippen molar-refractivity contribution in [2.45, 2.75) is 6.54 Å². The monoisotopic (exact) mass is 327 g/mol. The molecule has 0 N–H and O–H groups in total. The average molecular weight is 327 g/mol. The van der Waals surface area contributed by atoms with E-state index in [9.17, 15) is 4.79 Å². The fourth-order valence-corrected chi connectivity index (χ4v) is 3.69. The van der Waals surface area contributed by atoms with Gasteiger partial charge in [0, 0.05) is 42.3 Å². The molecule has 0 amide bonds. The number of methoxy groups -OCH3 is 1. The van der Waals surface area contributed by atoms with Crippen LogP contribution in [0, 0.1) is 0 Å². The fourth-order valence-electron chi connectivity index (χ4n) is 2.71. The number of carbonyl (C=O) groups is 1. The van der Waals surface area contributed by atoms with Gasteiger partial charge < -0.3 is 4.74 Å². The maximum atomic E-state index is 12.5. The molecule has 0 aliphatic carbocycles. The number of rotatable bonds is 5. The van der Waals surface area contributed by atoms with Crippen LogP contribution in [0.2, 0.25) is 0 Å². The summed E-state index contributed by atoms with van der Waals surface area (Å²) in [5.74, 6) is 3.17. The lowest BCUT2D eigenvalue weighted by atomic mass is 10.0. The molecule has 2 aromatic rings. The normalized spacial score (nSPS) is 15.3. The molecule has 0 radical (unpaired) electrons. The maximum Gasteiger partial charge on any atom is 0.193 e. The number of nitrogens with zero attached hydrogens (tertiary/aromatic N) is 1. The minimum absolute atomic E-state index is 0.0322. The van der Waals surface area contributed by atoms with Gasteiger partial charge in [0.25, 0.3) is 0 Å². The van der Waals surface area contributed by atoms with Crippen LogP contribution < -0.4 is 4.74 Å². The second-order valence-corrected chi connectivity index (χ2v) is 6.87. The van der Waals surface area contributed by atoms with Crippen LogP contribution >= 0.6 is 11.8 Å². The highest BCUT2D eigenvalue weighted by Gasteiger charge is 2.12. The number of carbonyl (C=O) groups excluding carboxylic acids is 1. The van der Waals surface area contributed by atoms with Crippen molar-refractivity contribution >= 4 is 17.5 Å². The van der Waals surface area contributed by atoms with E-state index in [0.717, 1.165) is 25.2 Å².